The molecule has 15 heavy (non-hydrogen) atoms. The van der Waals surface area contributed by atoms with E-state index in [1.54, 1.807) is 13.8 Å². The maximum atomic E-state index is 10.7. The van der Waals surface area contributed by atoms with Gasteiger partial charge < -0.3 is 0 Å². The molecule has 1 unspecified atom stereocenters. The van der Waals surface area contributed by atoms with E-state index >= 15 is 0 Å². The predicted molar refractivity (Wildman–Crippen MR) is 53.3 cm³/mol. The van der Waals surface area contributed by atoms with Crippen LogP contribution >= 0.6 is 0 Å². The molecule has 80 valence electrons. The summed E-state index contributed by atoms with van der Waals surface area (Å²) in [4.78, 5) is 10.3. The molecule has 0 bridgehead atoms. The Hall–Kier alpha value is -1.90. The molecule has 1 rings (SSSR count). The minimum Gasteiger partial charge on any atom is -0.258 e. The van der Waals surface area contributed by atoms with E-state index in [-0.39, 0.29) is 5.69 Å². The van der Waals surface area contributed by atoms with Crippen LogP contribution in [0.5, 0.6) is 0 Å². The Bertz CT molecular complexity index is 430. The Morgan fingerprint density at radius 2 is 2.27 bits per heavy atom. The number of nitriles is 1. The third-order valence-electron chi connectivity index (χ3n) is 2.30. The van der Waals surface area contributed by atoms with Crippen molar-refractivity contribution in [1.82, 2.24) is 9.78 Å². The standard InChI is InChI=1S/C9H12N4O2/c1-4-8(5-10)12-7(3)9(13(14)15)6(2)11-12/h8H,4H2,1-3H3. The fourth-order valence-electron chi connectivity index (χ4n) is 1.54. The van der Waals surface area contributed by atoms with Crippen LogP contribution in [0.15, 0.2) is 0 Å². The predicted octanol–water partition coefficient (Wildman–Crippen LogP) is 1.88. The first-order chi connectivity index (χ1) is 7.02. The van der Waals surface area contributed by atoms with Crippen LogP contribution in [0.2, 0.25) is 0 Å². The van der Waals surface area contributed by atoms with Gasteiger partial charge in [-0.2, -0.15) is 10.4 Å². The lowest BCUT2D eigenvalue weighted by Gasteiger charge is -2.07. The zero-order valence-corrected chi connectivity index (χ0v) is 8.89. The van der Waals surface area contributed by atoms with E-state index in [0.29, 0.717) is 17.8 Å². The largest absolute Gasteiger partial charge is 0.312 e. The van der Waals surface area contributed by atoms with Crippen molar-refractivity contribution in [2.45, 2.75) is 33.2 Å². The lowest BCUT2D eigenvalue weighted by atomic mass is 10.2. The minimum atomic E-state index is -0.460. The highest BCUT2D eigenvalue weighted by atomic mass is 16.6. The molecule has 0 aliphatic carbocycles. The monoisotopic (exact) mass is 208 g/mol. The van der Waals surface area contributed by atoms with Crippen LogP contribution in [0.3, 0.4) is 0 Å². The van der Waals surface area contributed by atoms with Crippen LogP contribution in [-0.2, 0) is 0 Å². The van der Waals surface area contributed by atoms with Gasteiger partial charge in [0.2, 0.25) is 0 Å². The summed E-state index contributed by atoms with van der Waals surface area (Å²) in [5.41, 5.74) is 0.792. The zero-order chi connectivity index (χ0) is 11.6. The summed E-state index contributed by atoms with van der Waals surface area (Å²) in [6.07, 6.45) is 0.579. The van der Waals surface area contributed by atoms with Crippen molar-refractivity contribution in [2.75, 3.05) is 0 Å². The first-order valence-electron chi connectivity index (χ1n) is 4.62. The van der Waals surface area contributed by atoms with Gasteiger partial charge in [-0.15, -0.1) is 0 Å². The fourth-order valence-corrected chi connectivity index (χ4v) is 1.54. The van der Waals surface area contributed by atoms with Gasteiger partial charge in [-0.1, -0.05) is 6.92 Å². The van der Waals surface area contributed by atoms with Crippen LogP contribution in [0, 0.1) is 35.3 Å². The van der Waals surface area contributed by atoms with Gasteiger partial charge in [0.25, 0.3) is 0 Å². The Kier molecular flexibility index (Phi) is 3.04. The smallest absolute Gasteiger partial charge is 0.258 e. The SMILES string of the molecule is CCC(C#N)n1nc(C)c([N+](=O)[O-])c1C. The molecule has 0 fully saturated rings. The summed E-state index contributed by atoms with van der Waals surface area (Å²) in [6.45, 7) is 5.03. The van der Waals surface area contributed by atoms with Crippen LogP contribution in [0.1, 0.15) is 30.8 Å². The molecule has 0 radical (unpaired) electrons. The molecule has 0 saturated carbocycles. The normalized spacial score (nSPS) is 12.1. The average Bonchev–Trinajstić information content (AvgIpc) is 2.44. The summed E-state index contributed by atoms with van der Waals surface area (Å²) >= 11 is 0. The molecular formula is C9H12N4O2. The van der Waals surface area contributed by atoms with E-state index in [9.17, 15) is 10.1 Å². The molecular weight excluding hydrogens is 196 g/mol. The third-order valence-corrected chi connectivity index (χ3v) is 2.30. The summed E-state index contributed by atoms with van der Waals surface area (Å²) in [7, 11) is 0. The average molecular weight is 208 g/mol. The molecule has 6 heteroatoms. The Morgan fingerprint density at radius 1 is 1.67 bits per heavy atom. The molecule has 0 aromatic carbocycles. The van der Waals surface area contributed by atoms with Crippen molar-refractivity contribution in [3.05, 3.63) is 21.5 Å². The Balaban J connectivity index is 3.30. The van der Waals surface area contributed by atoms with E-state index in [2.05, 4.69) is 11.2 Å². The second-order valence-corrected chi connectivity index (χ2v) is 3.27. The molecule has 0 aliphatic rings. The summed E-state index contributed by atoms with van der Waals surface area (Å²) in [6, 6.07) is 1.63. The number of nitrogens with zero attached hydrogens (tertiary/aromatic N) is 4. The maximum Gasteiger partial charge on any atom is 0.312 e. The highest BCUT2D eigenvalue weighted by Crippen LogP contribution is 2.25. The molecule has 0 aliphatic heterocycles. The van der Waals surface area contributed by atoms with Crippen molar-refractivity contribution in [3.8, 4) is 6.07 Å². The van der Waals surface area contributed by atoms with Gasteiger partial charge in [-0.3, -0.25) is 10.1 Å². The van der Waals surface area contributed by atoms with Gasteiger partial charge in [-0.05, 0) is 20.3 Å². The second kappa shape index (κ2) is 4.09. The minimum absolute atomic E-state index is 0.00343. The lowest BCUT2D eigenvalue weighted by molar-refractivity contribution is -0.386. The van der Waals surface area contributed by atoms with Crippen molar-refractivity contribution in [2.24, 2.45) is 0 Å². The van der Waals surface area contributed by atoms with Gasteiger partial charge in [0.1, 0.15) is 17.4 Å². The summed E-state index contributed by atoms with van der Waals surface area (Å²) in [5.74, 6) is 0. The number of aryl methyl sites for hydroxylation is 1. The molecule has 0 N–H and O–H groups in total. The third kappa shape index (κ3) is 1.81. The van der Waals surface area contributed by atoms with Gasteiger partial charge in [-0.25, -0.2) is 4.68 Å². The topological polar surface area (TPSA) is 84.8 Å². The van der Waals surface area contributed by atoms with Crippen molar-refractivity contribution in [3.63, 3.8) is 0 Å². The van der Waals surface area contributed by atoms with Gasteiger partial charge in [0.05, 0.1) is 11.0 Å². The lowest BCUT2D eigenvalue weighted by Crippen LogP contribution is -2.09. The van der Waals surface area contributed by atoms with Crippen molar-refractivity contribution < 1.29 is 4.92 Å². The van der Waals surface area contributed by atoms with Crippen LogP contribution < -0.4 is 0 Å². The number of aromatic nitrogens is 2. The van der Waals surface area contributed by atoms with Crippen LogP contribution in [0.25, 0.3) is 0 Å². The molecule has 1 aromatic heterocycles. The van der Waals surface area contributed by atoms with Crippen molar-refractivity contribution >= 4 is 5.69 Å². The van der Waals surface area contributed by atoms with Gasteiger partial charge in [0.15, 0.2) is 0 Å². The van der Waals surface area contributed by atoms with Gasteiger partial charge in [0, 0.05) is 0 Å². The first kappa shape index (κ1) is 11.2. The Morgan fingerprint density at radius 3 is 2.60 bits per heavy atom. The highest BCUT2D eigenvalue weighted by Gasteiger charge is 2.24. The number of nitro groups is 1. The van der Waals surface area contributed by atoms with E-state index in [4.69, 9.17) is 5.26 Å². The second-order valence-electron chi connectivity index (χ2n) is 3.27. The number of hydrogen-bond acceptors (Lipinski definition) is 4. The van der Waals surface area contributed by atoms with Crippen LogP contribution in [0.4, 0.5) is 5.69 Å². The molecule has 1 aromatic rings. The molecule has 0 saturated heterocycles. The van der Waals surface area contributed by atoms with Crippen molar-refractivity contribution in [1.29, 1.82) is 5.26 Å². The molecule has 6 nitrogen and oxygen atoms in total. The van der Waals surface area contributed by atoms with E-state index in [1.165, 1.54) is 4.68 Å². The van der Waals surface area contributed by atoms with Gasteiger partial charge >= 0.3 is 5.69 Å². The molecule has 0 amide bonds. The van der Waals surface area contributed by atoms with E-state index in [1.807, 2.05) is 6.92 Å². The van der Waals surface area contributed by atoms with E-state index < -0.39 is 11.0 Å². The quantitative estimate of drug-likeness (QED) is 0.560. The van der Waals surface area contributed by atoms with Crippen LogP contribution in [-0.4, -0.2) is 14.7 Å². The highest BCUT2D eigenvalue weighted by molar-refractivity contribution is 5.40. The fraction of sp³-hybridized carbons (Fsp3) is 0.556. The molecule has 1 atom stereocenters. The molecule has 1 heterocycles. The van der Waals surface area contributed by atoms with E-state index in [0.717, 1.165) is 0 Å². The Labute approximate surface area is 87.3 Å². The zero-order valence-electron chi connectivity index (χ0n) is 8.89. The molecule has 0 spiro atoms. The first-order valence-corrected chi connectivity index (χ1v) is 4.62. The number of rotatable bonds is 3. The number of hydrogen-bond donors (Lipinski definition) is 0. The maximum absolute atomic E-state index is 10.7. The summed E-state index contributed by atoms with van der Waals surface area (Å²) < 4.78 is 1.42. The summed E-state index contributed by atoms with van der Waals surface area (Å²) in [5, 5.41) is 23.6.